The summed E-state index contributed by atoms with van der Waals surface area (Å²) in [5, 5.41) is 2.09. The van der Waals surface area contributed by atoms with Crippen LogP contribution in [0.15, 0.2) is 54.6 Å². The summed E-state index contributed by atoms with van der Waals surface area (Å²) in [5.74, 6) is -0.0994. The number of halogens is 1. The zero-order valence-corrected chi connectivity index (χ0v) is 12.1. The minimum Gasteiger partial charge on any atom is -0.267 e. The number of benzene rings is 2. The molecule has 0 aliphatic carbocycles. The van der Waals surface area contributed by atoms with Gasteiger partial charge in [-0.05, 0) is 29.3 Å². The van der Waals surface area contributed by atoms with Gasteiger partial charge in [0.1, 0.15) is 6.61 Å². The van der Waals surface area contributed by atoms with Crippen molar-refractivity contribution in [3.63, 3.8) is 0 Å². The normalized spacial score (nSPS) is 14.5. The van der Waals surface area contributed by atoms with Crippen molar-refractivity contribution in [2.75, 3.05) is 6.54 Å². The van der Waals surface area contributed by atoms with Gasteiger partial charge in [-0.15, -0.1) is 0 Å². The Morgan fingerprint density at radius 3 is 2.71 bits per heavy atom. The minimum absolute atomic E-state index is 0.0994. The largest absolute Gasteiger partial charge is 0.278 e. The lowest BCUT2D eigenvalue weighted by Crippen LogP contribution is -2.35. The Labute approximate surface area is 128 Å². The average molecular weight is 300 g/mol. The molecule has 0 spiro atoms. The maximum absolute atomic E-state index is 12.3. The van der Waals surface area contributed by atoms with Crippen molar-refractivity contribution >= 4 is 23.6 Å². The highest BCUT2D eigenvalue weighted by molar-refractivity contribution is 6.30. The molecule has 0 saturated heterocycles. The fraction of sp³-hybridized carbons (Fsp3) is 0.118. The highest BCUT2D eigenvalue weighted by Crippen LogP contribution is 2.19. The number of carbonyl (C=O) groups excluding carboxylic acids is 1. The minimum atomic E-state index is -0.0994. The lowest BCUT2D eigenvalue weighted by molar-refractivity contribution is -0.133. The lowest BCUT2D eigenvalue weighted by atomic mass is 10.1. The highest BCUT2D eigenvalue weighted by atomic mass is 35.5. The van der Waals surface area contributed by atoms with Crippen molar-refractivity contribution in [1.82, 2.24) is 5.06 Å². The Morgan fingerprint density at radius 2 is 1.90 bits per heavy atom. The van der Waals surface area contributed by atoms with E-state index in [0.717, 1.165) is 11.1 Å². The van der Waals surface area contributed by atoms with Crippen molar-refractivity contribution in [2.24, 2.45) is 0 Å². The molecule has 1 amide bonds. The number of carbonyl (C=O) groups is 1. The van der Waals surface area contributed by atoms with Gasteiger partial charge in [0.05, 0.1) is 6.54 Å². The molecule has 0 saturated carbocycles. The molecular weight excluding hydrogens is 286 g/mol. The van der Waals surface area contributed by atoms with Gasteiger partial charge in [0.2, 0.25) is 0 Å². The fourth-order valence-corrected chi connectivity index (χ4v) is 2.32. The summed E-state index contributed by atoms with van der Waals surface area (Å²) in [6.45, 7) is 0.840. The van der Waals surface area contributed by atoms with E-state index in [4.69, 9.17) is 16.4 Å². The van der Waals surface area contributed by atoms with E-state index >= 15 is 0 Å². The van der Waals surface area contributed by atoms with Gasteiger partial charge in [-0.3, -0.25) is 9.63 Å². The molecule has 0 aromatic heterocycles. The maximum atomic E-state index is 12.3. The molecule has 2 aromatic carbocycles. The molecule has 106 valence electrons. The van der Waals surface area contributed by atoms with Crippen LogP contribution in [0.1, 0.15) is 21.5 Å². The number of hydroxylamine groups is 2. The van der Waals surface area contributed by atoms with Gasteiger partial charge < -0.3 is 0 Å². The Morgan fingerprint density at radius 1 is 1.14 bits per heavy atom. The maximum Gasteiger partial charge on any atom is 0.278 e. The molecule has 0 N–H and O–H groups in total. The molecule has 3 rings (SSSR count). The zero-order valence-electron chi connectivity index (χ0n) is 11.3. The smallest absolute Gasteiger partial charge is 0.267 e. The topological polar surface area (TPSA) is 29.5 Å². The molecule has 1 aliphatic heterocycles. The number of nitrogens with zero attached hydrogens (tertiary/aromatic N) is 1. The molecule has 1 heterocycles. The van der Waals surface area contributed by atoms with E-state index in [9.17, 15) is 4.79 Å². The van der Waals surface area contributed by atoms with E-state index in [1.165, 1.54) is 5.06 Å². The number of amides is 1. The molecule has 21 heavy (non-hydrogen) atoms. The van der Waals surface area contributed by atoms with Crippen molar-refractivity contribution < 1.29 is 9.63 Å². The van der Waals surface area contributed by atoms with Crippen LogP contribution in [0, 0.1) is 0 Å². The molecule has 2 aromatic rings. The summed E-state index contributed by atoms with van der Waals surface area (Å²) in [5.41, 5.74) is 2.67. The molecule has 0 atom stereocenters. The lowest BCUT2D eigenvalue weighted by Gasteiger charge is -2.26. The fourth-order valence-electron chi connectivity index (χ4n) is 2.19. The Balaban J connectivity index is 1.67. The third kappa shape index (κ3) is 3.15. The summed E-state index contributed by atoms with van der Waals surface area (Å²) in [6, 6.07) is 15.0. The van der Waals surface area contributed by atoms with Crippen LogP contribution in [0.4, 0.5) is 0 Å². The quantitative estimate of drug-likeness (QED) is 0.859. The van der Waals surface area contributed by atoms with E-state index in [1.54, 1.807) is 0 Å². The van der Waals surface area contributed by atoms with Crippen molar-refractivity contribution in [3.05, 3.63) is 76.3 Å². The summed E-state index contributed by atoms with van der Waals surface area (Å²) in [6.07, 6.45) is 3.84. The van der Waals surface area contributed by atoms with Crippen molar-refractivity contribution in [1.29, 1.82) is 0 Å². The van der Waals surface area contributed by atoms with Gasteiger partial charge in [-0.25, -0.2) is 5.06 Å². The van der Waals surface area contributed by atoms with E-state index in [2.05, 4.69) is 0 Å². The number of hydrogen-bond donors (Lipinski definition) is 0. The first-order chi connectivity index (χ1) is 10.2. The standard InChI is InChI=1S/C17H14ClNO2/c18-15-9-7-13(8-10-15)4-3-11-19-17(20)16-6-2-1-5-14(16)12-21-19/h1-10H,11-12H2/b4-3+. The van der Waals surface area contributed by atoms with Gasteiger partial charge in [-0.1, -0.05) is 54.1 Å². The van der Waals surface area contributed by atoms with Crippen LogP contribution >= 0.6 is 11.6 Å². The van der Waals surface area contributed by atoms with Crippen LogP contribution in [0.25, 0.3) is 6.08 Å². The number of hydrogen-bond acceptors (Lipinski definition) is 2. The molecule has 1 aliphatic rings. The second kappa shape index (κ2) is 6.12. The molecule has 0 bridgehead atoms. The molecule has 4 heteroatoms. The third-order valence-electron chi connectivity index (χ3n) is 3.30. The first-order valence-corrected chi connectivity index (χ1v) is 7.06. The van der Waals surface area contributed by atoms with Gasteiger partial charge in [-0.2, -0.15) is 0 Å². The predicted molar refractivity (Wildman–Crippen MR) is 82.8 cm³/mol. The molecule has 0 fully saturated rings. The molecule has 3 nitrogen and oxygen atoms in total. The van der Waals surface area contributed by atoms with Gasteiger partial charge in [0.25, 0.3) is 5.91 Å². The molecule has 0 radical (unpaired) electrons. The van der Waals surface area contributed by atoms with Crippen LogP contribution in [0.3, 0.4) is 0 Å². The van der Waals surface area contributed by atoms with E-state index in [-0.39, 0.29) is 5.91 Å². The Hall–Kier alpha value is -2.10. The number of fused-ring (bicyclic) bond motifs is 1. The van der Waals surface area contributed by atoms with Crippen LogP contribution in [0.5, 0.6) is 0 Å². The van der Waals surface area contributed by atoms with Crippen molar-refractivity contribution in [2.45, 2.75) is 6.61 Å². The summed E-state index contributed by atoms with van der Waals surface area (Å²) < 4.78 is 0. The van der Waals surface area contributed by atoms with Crippen molar-refractivity contribution in [3.8, 4) is 0 Å². The Kier molecular flexibility index (Phi) is 4.04. The SMILES string of the molecule is O=C1c2ccccc2CON1C/C=C/c1ccc(Cl)cc1. The monoisotopic (exact) mass is 299 g/mol. The van der Waals surface area contributed by atoms with Gasteiger partial charge >= 0.3 is 0 Å². The average Bonchev–Trinajstić information content (AvgIpc) is 2.52. The zero-order chi connectivity index (χ0) is 14.7. The van der Waals surface area contributed by atoms with Crippen LogP contribution in [-0.4, -0.2) is 17.5 Å². The van der Waals surface area contributed by atoms with Gasteiger partial charge in [0, 0.05) is 10.6 Å². The van der Waals surface area contributed by atoms with Crippen LogP contribution in [-0.2, 0) is 11.4 Å². The predicted octanol–water partition coefficient (Wildman–Crippen LogP) is 3.94. The molecule has 0 unspecified atom stereocenters. The second-order valence-corrected chi connectivity index (χ2v) is 5.19. The highest BCUT2D eigenvalue weighted by Gasteiger charge is 2.23. The van der Waals surface area contributed by atoms with Gasteiger partial charge in [0.15, 0.2) is 0 Å². The summed E-state index contributed by atoms with van der Waals surface area (Å²) in [7, 11) is 0. The van der Waals surface area contributed by atoms with Crippen LogP contribution < -0.4 is 0 Å². The summed E-state index contributed by atoms with van der Waals surface area (Å²) >= 11 is 5.84. The van der Waals surface area contributed by atoms with E-state index < -0.39 is 0 Å². The first-order valence-electron chi connectivity index (χ1n) is 6.69. The first kappa shape index (κ1) is 13.9. The number of rotatable bonds is 3. The van der Waals surface area contributed by atoms with E-state index in [1.807, 2.05) is 60.7 Å². The summed E-state index contributed by atoms with van der Waals surface area (Å²) in [4.78, 5) is 17.7. The van der Waals surface area contributed by atoms with E-state index in [0.29, 0.717) is 23.7 Å². The second-order valence-electron chi connectivity index (χ2n) is 4.75. The van der Waals surface area contributed by atoms with Crippen LogP contribution in [0.2, 0.25) is 5.02 Å². The Bertz CT molecular complexity index is 679. The third-order valence-corrected chi connectivity index (χ3v) is 3.55. The molecular formula is C17H14ClNO2.